The molecule has 1 aromatic heterocycles. The van der Waals surface area contributed by atoms with E-state index in [2.05, 4.69) is 15.7 Å². The molecule has 1 amide bonds. The molecule has 2 aromatic rings. The summed E-state index contributed by atoms with van der Waals surface area (Å²) >= 11 is 0. The highest BCUT2D eigenvalue weighted by Gasteiger charge is 2.16. The molecule has 21 heavy (non-hydrogen) atoms. The molecule has 0 unspecified atom stereocenters. The number of benzene rings is 1. The molecule has 0 radical (unpaired) electrons. The number of nitro groups is 1. The summed E-state index contributed by atoms with van der Waals surface area (Å²) in [4.78, 5) is 22.5. The average Bonchev–Trinajstić information content (AvgIpc) is 2.75. The normalized spacial score (nSPS) is 10.2. The lowest BCUT2D eigenvalue weighted by Gasteiger charge is -2.07. The van der Waals surface area contributed by atoms with Gasteiger partial charge in [-0.1, -0.05) is 0 Å². The maximum atomic E-state index is 12.2. The van der Waals surface area contributed by atoms with Gasteiger partial charge in [-0.3, -0.25) is 19.6 Å². The van der Waals surface area contributed by atoms with Crippen LogP contribution < -0.4 is 10.6 Å². The van der Waals surface area contributed by atoms with Crippen LogP contribution in [0.15, 0.2) is 24.3 Å². The third-order valence-electron chi connectivity index (χ3n) is 2.97. The van der Waals surface area contributed by atoms with Crippen LogP contribution in [0.2, 0.25) is 0 Å². The zero-order valence-electron chi connectivity index (χ0n) is 11.9. The molecule has 110 valence electrons. The van der Waals surface area contributed by atoms with Crippen molar-refractivity contribution >= 4 is 23.1 Å². The number of aryl methyl sites for hydroxylation is 2. The second-order valence-electron chi connectivity index (χ2n) is 4.49. The van der Waals surface area contributed by atoms with Gasteiger partial charge < -0.3 is 10.6 Å². The summed E-state index contributed by atoms with van der Waals surface area (Å²) in [6, 6.07) is 5.89. The number of carbonyl (C=O) groups is 1. The molecule has 1 aromatic carbocycles. The van der Waals surface area contributed by atoms with E-state index in [0.29, 0.717) is 11.4 Å². The lowest BCUT2D eigenvalue weighted by molar-refractivity contribution is -0.383. The standard InChI is InChI=1S/C13H15N5O3/c1-8-6-12(17(3)16-8)15-13(19)9-4-5-11(18(20)21)10(7-9)14-2/h4-7,14H,1-3H3,(H,15,19). The van der Waals surface area contributed by atoms with E-state index in [4.69, 9.17) is 0 Å². The van der Waals surface area contributed by atoms with Gasteiger partial charge in [0.05, 0.1) is 10.6 Å². The molecule has 0 bridgehead atoms. The van der Waals surface area contributed by atoms with E-state index in [1.807, 2.05) is 6.92 Å². The molecule has 0 aliphatic carbocycles. The second-order valence-corrected chi connectivity index (χ2v) is 4.49. The van der Waals surface area contributed by atoms with Crippen molar-refractivity contribution in [1.82, 2.24) is 9.78 Å². The quantitative estimate of drug-likeness (QED) is 0.661. The van der Waals surface area contributed by atoms with Crippen molar-refractivity contribution in [2.75, 3.05) is 17.7 Å². The third-order valence-corrected chi connectivity index (χ3v) is 2.97. The molecular formula is C13H15N5O3. The largest absolute Gasteiger partial charge is 0.383 e. The highest BCUT2D eigenvalue weighted by atomic mass is 16.6. The number of rotatable bonds is 4. The van der Waals surface area contributed by atoms with E-state index in [-0.39, 0.29) is 17.3 Å². The molecule has 2 rings (SSSR count). The Labute approximate surface area is 120 Å². The Morgan fingerprint density at radius 2 is 2.10 bits per heavy atom. The molecule has 2 N–H and O–H groups in total. The fourth-order valence-electron chi connectivity index (χ4n) is 1.95. The van der Waals surface area contributed by atoms with Crippen molar-refractivity contribution in [1.29, 1.82) is 0 Å². The number of nitro benzene ring substituents is 1. The predicted molar refractivity (Wildman–Crippen MR) is 78.5 cm³/mol. The van der Waals surface area contributed by atoms with Gasteiger partial charge in [-0.25, -0.2) is 0 Å². The van der Waals surface area contributed by atoms with E-state index in [9.17, 15) is 14.9 Å². The number of nitrogens with zero attached hydrogens (tertiary/aromatic N) is 3. The van der Waals surface area contributed by atoms with Crippen molar-refractivity contribution < 1.29 is 9.72 Å². The van der Waals surface area contributed by atoms with Crippen molar-refractivity contribution in [2.24, 2.45) is 7.05 Å². The van der Waals surface area contributed by atoms with E-state index >= 15 is 0 Å². The van der Waals surface area contributed by atoms with Gasteiger partial charge in [0.15, 0.2) is 0 Å². The highest BCUT2D eigenvalue weighted by molar-refractivity contribution is 6.04. The van der Waals surface area contributed by atoms with E-state index in [0.717, 1.165) is 5.69 Å². The Morgan fingerprint density at radius 3 is 2.62 bits per heavy atom. The van der Waals surface area contributed by atoms with Crippen LogP contribution in [0, 0.1) is 17.0 Å². The van der Waals surface area contributed by atoms with Crippen molar-refractivity contribution in [2.45, 2.75) is 6.92 Å². The van der Waals surface area contributed by atoms with Crippen LogP contribution in [0.3, 0.4) is 0 Å². The summed E-state index contributed by atoms with van der Waals surface area (Å²) in [5.74, 6) is 0.200. The van der Waals surface area contributed by atoms with Gasteiger partial charge in [-0.15, -0.1) is 0 Å². The maximum Gasteiger partial charge on any atom is 0.292 e. The fraction of sp³-hybridized carbons (Fsp3) is 0.231. The number of aromatic nitrogens is 2. The van der Waals surface area contributed by atoms with Gasteiger partial charge in [0, 0.05) is 31.8 Å². The van der Waals surface area contributed by atoms with E-state index < -0.39 is 4.92 Å². The molecule has 0 saturated carbocycles. The van der Waals surface area contributed by atoms with Crippen LogP contribution in [0.1, 0.15) is 16.1 Å². The number of hydrogen-bond acceptors (Lipinski definition) is 5. The van der Waals surface area contributed by atoms with Crippen LogP contribution in [-0.4, -0.2) is 27.7 Å². The molecule has 8 heteroatoms. The monoisotopic (exact) mass is 289 g/mol. The van der Waals surface area contributed by atoms with Crippen LogP contribution >= 0.6 is 0 Å². The van der Waals surface area contributed by atoms with E-state index in [1.54, 1.807) is 24.8 Å². The van der Waals surface area contributed by atoms with Gasteiger partial charge in [-0.05, 0) is 19.1 Å². The number of amides is 1. The number of carbonyl (C=O) groups excluding carboxylic acids is 1. The summed E-state index contributed by atoms with van der Waals surface area (Å²) in [6.07, 6.45) is 0. The van der Waals surface area contributed by atoms with Gasteiger partial charge in [0.25, 0.3) is 11.6 Å². The molecule has 0 saturated heterocycles. The minimum Gasteiger partial charge on any atom is -0.383 e. The topological polar surface area (TPSA) is 102 Å². The summed E-state index contributed by atoms with van der Waals surface area (Å²) < 4.78 is 1.55. The second kappa shape index (κ2) is 5.61. The molecule has 0 atom stereocenters. The first-order valence-corrected chi connectivity index (χ1v) is 6.20. The molecule has 0 aliphatic rings. The van der Waals surface area contributed by atoms with Crippen molar-refractivity contribution in [3.8, 4) is 0 Å². The van der Waals surface area contributed by atoms with Crippen molar-refractivity contribution in [3.05, 3.63) is 45.6 Å². The first-order chi connectivity index (χ1) is 9.92. The summed E-state index contributed by atoms with van der Waals surface area (Å²) in [6.45, 7) is 1.82. The molecular weight excluding hydrogens is 274 g/mol. The van der Waals surface area contributed by atoms with Gasteiger partial charge >= 0.3 is 0 Å². The zero-order chi connectivity index (χ0) is 15.6. The summed E-state index contributed by atoms with van der Waals surface area (Å²) in [5, 5.41) is 20.4. The first-order valence-electron chi connectivity index (χ1n) is 6.20. The van der Waals surface area contributed by atoms with Gasteiger partial charge in [0.2, 0.25) is 0 Å². The van der Waals surface area contributed by atoms with Crippen molar-refractivity contribution in [3.63, 3.8) is 0 Å². The summed E-state index contributed by atoms with van der Waals surface area (Å²) in [5.41, 5.74) is 1.32. The van der Waals surface area contributed by atoms with Gasteiger partial charge in [0.1, 0.15) is 11.5 Å². The molecule has 1 heterocycles. The minimum absolute atomic E-state index is 0.0783. The Bertz CT molecular complexity index is 708. The molecule has 0 aliphatic heterocycles. The Hall–Kier alpha value is -2.90. The molecule has 0 fully saturated rings. The Balaban J connectivity index is 2.27. The summed E-state index contributed by atoms with van der Waals surface area (Å²) in [7, 11) is 3.28. The predicted octanol–water partition coefficient (Wildman–Crippen LogP) is 1.93. The van der Waals surface area contributed by atoms with E-state index in [1.165, 1.54) is 18.2 Å². The molecule has 0 spiro atoms. The van der Waals surface area contributed by atoms with Gasteiger partial charge in [-0.2, -0.15) is 5.10 Å². The maximum absolute atomic E-state index is 12.2. The third kappa shape index (κ3) is 2.99. The Morgan fingerprint density at radius 1 is 1.38 bits per heavy atom. The lowest BCUT2D eigenvalue weighted by Crippen LogP contribution is -2.15. The van der Waals surface area contributed by atoms with Crippen LogP contribution in [0.25, 0.3) is 0 Å². The Kier molecular flexibility index (Phi) is 3.88. The first kappa shape index (κ1) is 14.5. The van der Waals surface area contributed by atoms with Crippen LogP contribution in [-0.2, 0) is 7.05 Å². The minimum atomic E-state index is -0.502. The van der Waals surface area contributed by atoms with Crippen LogP contribution in [0.5, 0.6) is 0 Å². The number of anilines is 2. The highest BCUT2D eigenvalue weighted by Crippen LogP contribution is 2.25. The number of hydrogen-bond donors (Lipinski definition) is 2. The SMILES string of the molecule is CNc1cc(C(=O)Nc2cc(C)nn2C)ccc1[N+](=O)[O-]. The lowest BCUT2D eigenvalue weighted by atomic mass is 10.1. The fourth-order valence-corrected chi connectivity index (χ4v) is 1.95. The van der Waals surface area contributed by atoms with Crippen LogP contribution in [0.4, 0.5) is 17.2 Å². The number of nitrogens with one attached hydrogen (secondary N) is 2. The average molecular weight is 289 g/mol. The zero-order valence-corrected chi connectivity index (χ0v) is 11.9. The molecule has 8 nitrogen and oxygen atoms in total. The smallest absolute Gasteiger partial charge is 0.292 e.